The average molecular weight is 362 g/mol. The molecule has 1 aliphatic rings. The molecule has 0 amide bonds. The van der Waals surface area contributed by atoms with Gasteiger partial charge in [0.25, 0.3) is 0 Å². The maximum absolute atomic E-state index is 5.60. The van der Waals surface area contributed by atoms with Gasteiger partial charge in [0.15, 0.2) is 0 Å². The first-order chi connectivity index (χ1) is 10.8. The fraction of sp³-hybridized carbons (Fsp3) is 0.353. The van der Waals surface area contributed by atoms with E-state index in [1.165, 1.54) is 0 Å². The number of nitrogens with zero attached hydrogens (tertiary/aromatic N) is 2. The van der Waals surface area contributed by atoms with Crippen LogP contribution in [0.15, 0.2) is 47.1 Å². The smallest absolute Gasteiger partial charge is 0.124 e. The summed E-state index contributed by atoms with van der Waals surface area (Å²) in [5.41, 5.74) is 2.21. The summed E-state index contributed by atoms with van der Waals surface area (Å²) in [6, 6.07) is 12.4. The van der Waals surface area contributed by atoms with Crippen LogP contribution in [0.3, 0.4) is 0 Å². The molecule has 1 N–H and O–H groups in total. The Labute approximate surface area is 139 Å². The maximum Gasteiger partial charge on any atom is 0.124 e. The maximum atomic E-state index is 5.60. The third-order valence-corrected chi connectivity index (χ3v) is 4.46. The minimum atomic E-state index is 0.107. The first-order valence-electron chi connectivity index (χ1n) is 7.48. The molecule has 4 nitrogen and oxygen atoms in total. The normalized spacial score (nSPS) is 17.2. The predicted octanol–water partition coefficient (Wildman–Crippen LogP) is 2.85. The number of rotatable bonds is 4. The molecule has 0 bridgehead atoms. The van der Waals surface area contributed by atoms with Gasteiger partial charge in [0.05, 0.1) is 18.8 Å². The third-order valence-electron chi connectivity index (χ3n) is 3.97. The number of methoxy groups -OCH3 is 1. The van der Waals surface area contributed by atoms with E-state index in [9.17, 15) is 0 Å². The van der Waals surface area contributed by atoms with Gasteiger partial charge < -0.3 is 10.1 Å². The lowest BCUT2D eigenvalue weighted by atomic mass is 9.99. The van der Waals surface area contributed by atoms with Crippen LogP contribution in [-0.4, -0.2) is 43.2 Å². The van der Waals surface area contributed by atoms with E-state index in [2.05, 4.69) is 43.3 Å². The fourth-order valence-corrected chi connectivity index (χ4v) is 3.32. The zero-order valence-corrected chi connectivity index (χ0v) is 14.2. The molecule has 1 atom stereocenters. The summed E-state index contributed by atoms with van der Waals surface area (Å²) in [5, 5.41) is 3.41. The number of piperazine rings is 1. The van der Waals surface area contributed by atoms with E-state index in [0.29, 0.717) is 0 Å². The van der Waals surface area contributed by atoms with E-state index in [-0.39, 0.29) is 6.04 Å². The summed E-state index contributed by atoms with van der Waals surface area (Å²) in [6.07, 6.45) is 1.86. The second kappa shape index (κ2) is 7.22. The summed E-state index contributed by atoms with van der Waals surface area (Å²) in [6.45, 7) is 3.99. The quantitative estimate of drug-likeness (QED) is 0.908. The van der Waals surface area contributed by atoms with Crippen molar-refractivity contribution in [3.63, 3.8) is 0 Å². The van der Waals surface area contributed by atoms with Gasteiger partial charge in [-0.2, -0.15) is 0 Å². The van der Waals surface area contributed by atoms with Crippen LogP contribution in [0.25, 0.3) is 0 Å². The van der Waals surface area contributed by atoms with Crippen molar-refractivity contribution in [3.05, 3.63) is 58.3 Å². The molecule has 1 aliphatic heterocycles. The lowest BCUT2D eigenvalue weighted by Gasteiger charge is -2.35. The van der Waals surface area contributed by atoms with Crippen LogP contribution in [0.5, 0.6) is 5.75 Å². The van der Waals surface area contributed by atoms with Crippen LogP contribution in [0, 0.1) is 0 Å². The van der Waals surface area contributed by atoms with Crippen LogP contribution < -0.4 is 10.1 Å². The minimum absolute atomic E-state index is 0.107. The van der Waals surface area contributed by atoms with Gasteiger partial charge in [-0.3, -0.25) is 9.88 Å². The minimum Gasteiger partial charge on any atom is -0.496 e. The van der Waals surface area contributed by atoms with E-state index in [0.717, 1.165) is 47.7 Å². The molecular formula is C17H20BrN3O. The van der Waals surface area contributed by atoms with E-state index in [1.807, 2.05) is 30.5 Å². The zero-order chi connectivity index (χ0) is 15.4. The highest BCUT2D eigenvalue weighted by atomic mass is 79.9. The first-order valence-corrected chi connectivity index (χ1v) is 8.28. The van der Waals surface area contributed by atoms with Crippen LogP contribution >= 0.6 is 15.9 Å². The van der Waals surface area contributed by atoms with Gasteiger partial charge in [-0.15, -0.1) is 0 Å². The predicted molar refractivity (Wildman–Crippen MR) is 91.2 cm³/mol. The van der Waals surface area contributed by atoms with Gasteiger partial charge in [-0.1, -0.05) is 22.0 Å². The second-order valence-electron chi connectivity index (χ2n) is 5.33. The third kappa shape index (κ3) is 3.32. The Kier molecular flexibility index (Phi) is 5.08. The molecule has 2 heterocycles. The van der Waals surface area contributed by atoms with Crippen LogP contribution in [0.2, 0.25) is 0 Å². The van der Waals surface area contributed by atoms with Crippen molar-refractivity contribution in [2.45, 2.75) is 6.04 Å². The summed E-state index contributed by atoms with van der Waals surface area (Å²) in [5.74, 6) is 0.900. The molecular weight excluding hydrogens is 342 g/mol. The summed E-state index contributed by atoms with van der Waals surface area (Å²) in [4.78, 5) is 7.06. The van der Waals surface area contributed by atoms with Crippen molar-refractivity contribution < 1.29 is 4.74 Å². The molecule has 1 fully saturated rings. The van der Waals surface area contributed by atoms with E-state index >= 15 is 0 Å². The Morgan fingerprint density at radius 1 is 1.23 bits per heavy atom. The van der Waals surface area contributed by atoms with Crippen LogP contribution in [0.1, 0.15) is 17.3 Å². The number of aromatic nitrogens is 1. The van der Waals surface area contributed by atoms with Gasteiger partial charge in [-0.25, -0.2) is 0 Å². The van der Waals surface area contributed by atoms with Crippen LogP contribution in [-0.2, 0) is 0 Å². The largest absolute Gasteiger partial charge is 0.496 e. The summed E-state index contributed by atoms with van der Waals surface area (Å²) >= 11 is 3.58. The SMILES string of the molecule is COc1ccc(Br)cc1C(c1ccccn1)N1CCNCC1. The Morgan fingerprint density at radius 2 is 2.05 bits per heavy atom. The van der Waals surface area contributed by atoms with Crippen molar-refractivity contribution >= 4 is 15.9 Å². The van der Waals surface area contributed by atoms with Gasteiger partial charge in [0.1, 0.15) is 5.75 Å². The number of nitrogens with one attached hydrogen (secondary N) is 1. The zero-order valence-electron chi connectivity index (χ0n) is 12.6. The van der Waals surface area contributed by atoms with Crippen molar-refractivity contribution in [2.75, 3.05) is 33.3 Å². The molecule has 116 valence electrons. The molecule has 0 radical (unpaired) electrons. The van der Waals surface area contributed by atoms with Crippen molar-refractivity contribution in [3.8, 4) is 5.75 Å². The first kappa shape index (κ1) is 15.5. The lowest BCUT2D eigenvalue weighted by Crippen LogP contribution is -2.45. The lowest BCUT2D eigenvalue weighted by molar-refractivity contribution is 0.192. The number of ether oxygens (including phenoxy) is 1. The molecule has 1 aromatic carbocycles. The van der Waals surface area contributed by atoms with Crippen molar-refractivity contribution in [1.82, 2.24) is 15.2 Å². The molecule has 1 saturated heterocycles. The number of halogens is 1. The highest BCUT2D eigenvalue weighted by Crippen LogP contribution is 2.35. The summed E-state index contributed by atoms with van der Waals surface area (Å²) < 4.78 is 6.66. The Balaban J connectivity index is 2.07. The summed E-state index contributed by atoms with van der Waals surface area (Å²) in [7, 11) is 1.72. The average Bonchev–Trinajstić information content (AvgIpc) is 2.57. The highest BCUT2D eigenvalue weighted by Gasteiger charge is 2.27. The standard InChI is InChI=1S/C17H20BrN3O/c1-22-16-6-5-13(18)12-14(16)17(15-4-2-3-7-20-15)21-10-8-19-9-11-21/h2-7,12,17,19H,8-11H2,1H3. The van der Waals surface area contributed by atoms with E-state index in [4.69, 9.17) is 4.74 Å². The van der Waals surface area contributed by atoms with Gasteiger partial charge in [0.2, 0.25) is 0 Å². The monoisotopic (exact) mass is 361 g/mol. The fourth-order valence-electron chi connectivity index (χ4n) is 2.94. The Bertz CT molecular complexity index is 615. The number of hydrogen-bond acceptors (Lipinski definition) is 4. The molecule has 3 rings (SSSR count). The molecule has 2 aromatic rings. The number of pyridine rings is 1. The van der Waals surface area contributed by atoms with Gasteiger partial charge in [0, 0.05) is 42.4 Å². The number of hydrogen-bond donors (Lipinski definition) is 1. The highest BCUT2D eigenvalue weighted by molar-refractivity contribution is 9.10. The molecule has 5 heteroatoms. The van der Waals surface area contributed by atoms with E-state index < -0.39 is 0 Å². The van der Waals surface area contributed by atoms with Gasteiger partial charge >= 0.3 is 0 Å². The van der Waals surface area contributed by atoms with Gasteiger partial charge in [-0.05, 0) is 30.3 Å². The molecule has 0 spiro atoms. The van der Waals surface area contributed by atoms with Crippen molar-refractivity contribution in [2.24, 2.45) is 0 Å². The van der Waals surface area contributed by atoms with E-state index in [1.54, 1.807) is 7.11 Å². The van der Waals surface area contributed by atoms with Crippen LogP contribution in [0.4, 0.5) is 0 Å². The molecule has 0 aliphatic carbocycles. The molecule has 22 heavy (non-hydrogen) atoms. The molecule has 1 aromatic heterocycles. The number of benzene rings is 1. The Hall–Kier alpha value is -1.43. The Morgan fingerprint density at radius 3 is 2.73 bits per heavy atom. The topological polar surface area (TPSA) is 37.4 Å². The second-order valence-corrected chi connectivity index (χ2v) is 6.25. The molecule has 1 unspecified atom stereocenters. The molecule has 0 saturated carbocycles. The van der Waals surface area contributed by atoms with Crippen molar-refractivity contribution in [1.29, 1.82) is 0 Å².